The summed E-state index contributed by atoms with van der Waals surface area (Å²) in [4.78, 5) is 57.0. The fraction of sp³-hybridized carbons (Fsp3) is 0.667. The minimum Gasteiger partial charge on any atom is -0.462 e. The van der Waals surface area contributed by atoms with E-state index in [2.05, 4.69) is 4.99 Å². The number of hydrogen-bond donors (Lipinski definition) is 0. The molecule has 44 heavy (non-hydrogen) atoms. The molecule has 2 rings (SSSR count). The number of esters is 4. The number of halogens is 1. The van der Waals surface area contributed by atoms with E-state index >= 15 is 0 Å². The van der Waals surface area contributed by atoms with Crippen molar-refractivity contribution >= 4 is 30.1 Å². The molecule has 1 aromatic carbocycles. The minimum absolute atomic E-state index is 0.385. The topological polar surface area (TPSA) is 127 Å². The van der Waals surface area contributed by atoms with E-state index in [4.69, 9.17) is 23.7 Å². The van der Waals surface area contributed by atoms with E-state index in [1.807, 2.05) is 0 Å². The lowest BCUT2D eigenvalue weighted by atomic mass is 9.92. The van der Waals surface area contributed by atoms with Gasteiger partial charge in [-0.05, 0) is 101 Å². The first kappa shape index (κ1) is 36.8. The van der Waals surface area contributed by atoms with E-state index in [1.165, 1.54) is 30.5 Å². The Bertz CT molecular complexity index is 1210. The van der Waals surface area contributed by atoms with Crippen LogP contribution in [-0.4, -0.2) is 67.3 Å². The van der Waals surface area contributed by atoms with Crippen molar-refractivity contribution in [2.45, 2.75) is 114 Å². The normalized spacial score (nSPS) is 23.2. The zero-order valence-electron chi connectivity index (χ0n) is 28.0. The van der Waals surface area contributed by atoms with Crippen molar-refractivity contribution in [1.82, 2.24) is 0 Å². The van der Waals surface area contributed by atoms with Crippen molar-refractivity contribution in [1.29, 1.82) is 0 Å². The molecule has 0 aliphatic carbocycles. The van der Waals surface area contributed by atoms with Gasteiger partial charge in [0.15, 0.2) is 24.5 Å². The van der Waals surface area contributed by atoms with Gasteiger partial charge in [0, 0.05) is 6.21 Å². The van der Waals surface area contributed by atoms with Crippen LogP contribution in [-0.2, 0) is 42.9 Å². The summed E-state index contributed by atoms with van der Waals surface area (Å²) < 4.78 is 43.1. The first-order chi connectivity index (χ1) is 19.9. The van der Waals surface area contributed by atoms with Gasteiger partial charge >= 0.3 is 23.9 Å². The second-order valence-electron chi connectivity index (χ2n) is 15.1. The first-order valence-corrected chi connectivity index (χ1v) is 14.7. The third kappa shape index (κ3) is 10.4. The molecule has 0 saturated carbocycles. The molecule has 1 heterocycles. The summed E-state index contributed by atoms with van der Waals surface area (Å²) in [5, 5.41) is 0. The van der Waals surface area contributed by atoms with Crippen LogP contribution >= 0.6 is 0 Å². The molecule has 0 amide bonds. The second kappa shape index (κ2) is 13.7. The number of aliphatic imine (C=N–C) groups is 1. The van der Waals surface area contributed by atoms with E-state index in [0.717, 1.165) is 0 Å². The van der Waals surface area contributed by atoms with Crippen LogP contribution in [0.4, 0.5) is 4.39 Å². The van der Waals surface area contributed by atoms with Gasteiger partial charge in [-0.3, -0.25) is 24.2 Å². The Morgan fingerprint density at radius 2 is 1.09 bits per heavy atom. The lowest BCUT2D eigenvalue weighted by Crippen LogP contribution is -2.63. The molecule has 246 valence electrons. The van der Waals surface area contributed by atoms with Gasteiger partial charge in [-0.1, -0.05) is 12.1 Å². The number of ether oxygens (including phenoxy) is 5. The molecule has 10 nitrogen and oxygen atoms in total. The number of benzene rings is 1. The van der Waals surface area contributed by atoms with Crippen molar-refractivity contribution in [2.24, 2.45) is 26.7 Å². The Labute approximate surface area is 260 Å². The molecule has 1 saturated heterocycles. The van der Waals surface area contributed by atoms with Crippen molar-refractivity contribution in [3.8, 4) is 0 Å². The van der Waals surface area contributed by atoms with Gasteiger partial charge in [0.1, 0.15) is 18.5 Å². The lowest BCUT2D eigenvalue weighted by molar-refractivity contribution is -0.258. The molecule has 0 spiro atoms. The number of carbonyl (C=O) groups excluding carboxylic acids is 4. The van der Waals surface area contributed by atoms with E-state index in [0.29, 0.717) is 5.56 Å². The van der Waals surface area contributed by atoms with Gasteiger partial charge in [-0.25, -0.2) is 4.39 Å². The summed E-state index contributed by atoms with van der Waals surface area (Å²) in [6.45, 7) is 19.5. The van der Waals surface area contributed by atoms with E-state index in [1.54, 1.807) is 83.1 Å². The maximum Gasteiger partial charge on any atom is 0.311 e. The average Bonchev–Trinajstić information content (AvgIpc) is 2.87. The summed E-state index contributed by atoms with van der Waals surface area (Å²) in [6, 6.07) is 5.49. The SMILES string of the molecule is CC(C)(C)C(=O)OCC1O[C@@H](N=Cc2ccc(F)cc2)C(OC(=O)C(C)(C)C)[C@H](OC(=O)C(C)(C)C)[C@@H]1OC(=O)C(C)(C)C. The predicted octanol–water partition coefficient (Wildman–Crippen LogP) is 5.43. The number of nitrogens with zero attached hydrogens (tertiary/aromatic N) is 1. The molecular formula is C33H48FNO9. The number of hydrogen-bond acceptors (Lipinski definition) is 10. The second-order valence-corrected chi connectivity index (χ2v) is 15.1. The summed E-state index contributed by atoms with van der Waals surface area (Å²) in [6.07, 6.45) is -5.21. The van der Waals surface area contributed by atoms with E-state index in [-0.39, 0.29) is 6.61 Å². The van der Waals surface area contributed by atoms with Crippen molar-refractivity contribution in [3.63, 3.8) is 0 Å². The maximum atomic E-state index is 13.5. The molecule has 5 atom stereocenters. The molecule has 1 aliphatic heterocycles. The largest absolute Gasteiger partial charge is 0.462 e. The van der Waals surface area contributed by atoms with Crippen molar-refractivity contribution < 1.29 is 47.3 Å². The molecule has 1 fully saturated rings. The van der Waals surface area contributed by atoms with Gasteiger partial charge in [0.25, 0.3) is 0 Å². The Morgan fingerprint density at radius 3 is 1.52 bits per heavy atom. The molecule has 2 unspecified atom stereocenters. The highest BCUT2D eigenvalue weighted by molar-refractivity contribution is 5.80. The third-order valence-corrected chi connectivity index (χ3v) is 6.41. The van der Waals surface area contributed by atoms with Crippen LogP contribution in [0.2, 0.25) is 0 Å². The number of carbonyl (C=O) groups is 4. The summed E-state index contributed by atoms with van der Waals surface area (Å²) >= 11 is 0. The molecule has 0 radical (unpaired) electrons. The van der Waals surface area contributed by atoms with Crippen molar-refractivity contribution in [2.75, 3.05) is 6.61 Å². The highest BCUT2D eigenvalue weighted by atomic mass is 19.1. The van der Waals surface area contributed by atoms with Crippen LogP contribution in [0.3, 0.4) is 0 Å². The average molecular weight is 622 g/mol. The van der Waals surface area contributed by atoms with Gasteiger partial charge in [-0.15, -0.1) is 0 Å². The Balaban J connectivity index is 2.71. The molecule has 0 aromatic heterocycles. The van der Waals surface area contributed by atoms with Gasteiger partial charge in [-0.2, -0.15) is 0 Å². The fourth-order valence-electron chi connectivity index (χ4n) is 3.53. The molecule has 11 heteroatoms. The number of rotatable bonds is 7. The van der Waals surface area contributed by atoms with Crippen LogP contribution in [0.5, 0.6) is 0 Å². The van der Waals surface area contributed by atoms with Crippen LogP contribution in [0.1, 0.15) is 88.6 Å². The molecular weight excluding hydrogens is 573 g/mol. The van der Waals surface area contributed by atoms with Gasteiger partial charge in [0.05, 0.1) is 21.7 Å². The zero-order chi connectivity index (χ0) is 33.8. The lowest BCUT2D eigenvalue weighted by Gasteiger charge is -2.45. The van der Waals surface area contributed by atoms with E-state index < -0.39 is 82.0 Å². The Hall–Kier alpha value is -3.34. The van der Waals surface area contributed by atoms with Crippen LogP contribution in [0.25, 0.3) is 0 Å². The van der Waals surface area contributed by atoms with Crippen LogP contribution in [0, 0.1) is 27.5 Å². The van der Waals surface area contributed by atoms with Crippen molar-refractivity contribution in [3.05, 3.63) is 35.6 Å². The Morgan fingerprint density at radius 1 is 0.682 bits per heavy atom. The fourth-order valence-corrected chi connectivity index (χ4v) is 3.53. The predicted molar refractivity (Wildman–Crippen MR) is 161 cm³/mol. The molecule has 1 aromatic rings. The van der Waals surface area contributed by atoms with Gasteiger partial charge < -0.3 is 23.7 Å². The molecule has 1 aliphatic rings. The Kier molecular flexibility index (Phi) is 11.5. The summed E-state index contributed by atoms with van der Waals surface area (Å²) in [7, 11) is 0. The van der Waals surface area contributed by atoms with Crippen LogP contribution in [0.15, 0.2) is 29.3 Å². The van der Waals surface area contributed by atoms with Gasteiger partial charge in [0.2, 0.25) is 0 Å². The first-order valence-electron chi connectivity index (χ1n) is 14.7. The molecule has 0 N–H and O–H groups in total. The quantitative estimate of drug-likeness (QED) is 0.222. The van der Waals surface area contributed by atoms with E-state index in [9.17, 15) is 23.6 Å². The summed E-state index contributed by atoms with van der Waals surface area (Å²) in [5.74, 6) is -2.94. The summed E-state index contributed by atoms with van der Waals surface area (Å²) in [5.41, 5.74) is -3.27. The molecule has 0 bridgehead atoms. The van der Waals surface area contributed by atoms with Crippen LogP contribution < -0.4 is 0 Å². The smallest absolute Gasteiger partial charge is 0.311 e. The zero-order valence-corrected chi connectivity index (χ0v) is 28.0. The standard InChI is InChI=1S/C33H48FNO9/c1-30(2,3)26(36)40-18-21-22(42-27(37)31(4,5)6)23(43-28(38)32(7,8)9)24(44-29(39)33(10,11)12)25(41-21)35-17-19-13-15-20(34)16-14-19/h13-17,21-25H,18H2,1-12H3/t21?,22-,23-,24?,25-/m1/s1. The minimum atomic E-state index is -1.40. The highest BCUT2D eigenvalue weighted by Crippen LogP contribution is 2.34. The monoisotopic (exact) mass is 621 g/mol. The third-order valence-electron chi connectivity index (χ3n) is 6.41. The maximum absolute atomic E-state index is 13.5. The highest BCUT2D eigenvalue weighted by Gasteiger charge is 2.54.